The number of amides is 4. The zero-order valence-corrected chi connectivity index (χ0v) is 15.9. The van der Waals surface area contributed by atoms with Crippen LogP contribution in [0.4, 0.5) is 11.5 Å². The summed E-state index contributed by atoms with van der Waals surface area (Å²) in [6.07, 6.45) is 5.86. The van der Waals surface area contributed by atoms with E-state index in [1.807, 2.05) is 0 Å². The number of aromatic amines is 2. The molecule has 13 nitrogen and oxygen atoms in total. The summed E-state index contributed by atoms with van der Waals surface area (Å²) in [5, 5.41) is 7.71. The number of anilines is 2. The molecule has 0 fully saturated rings. The monoisotopic (exact) mass is 413 g/mol. The highest BCUT2D eigenvalue weighted by atomic mass is 16.2. The Morgan fingerprint density at radius 1 is 1.17 bits per heavy atom. The van der Waals surface area contributed by atoms with E-state index in [1.54, 1.807) is 17.8 Å². The average molecular weight is 413 g/mol. The van der Waals surface area contributed by atoms with E-state index in [9.17, 15) is 19.2 Å². The molecule has 3 aromatic heterocycles. The van der Waals surface area contributed by atoms with Crippen molar-refractivity contribution >= 4 is 35.1 Å². The minimum atomic E-state index is -0.746. The van der Waals surface area contributed by atoms with Gasteiger partial charge in [-0.25, -0.2) is 9.97 Å². The zero-order valence-electron chi connectivity index (χ0n) is 15.9. The van der Waals surface area contributed by atoms with Crippen molar-refractivity contribution in [2.75, 3.05) is 17.2 Å². The average Bonchev–Trinajstić information content (AvgIpc) is 3.42. The molecule has 3 rings (SSSR count). The molecular weight excluding hydrogens is 394 g/mol. The number of H-pyrrole nitrogens is 2. The van der Waals surface area contributed by atoms with Crippen LogP contribution in [0.2, 0.25) is 0 Å². The van der Waals surface area contributed by atoms with Crippen LogP contribution in [0.1, 0.15) is 38.1 Å². The first kappa shape index (κ1) is 20.3. The number of nitrogens with one attached hydrogen (secondary N) is 5. The highest BCUT2D eigenvalue weighted by Gasteiger charge is 2.14. The van der Waals surface area contributed by atoms with Gasteiger partial charge in [-0.2, -0.15) is 0 Å². The predicted molar refractivity (Wildman–Crippen MR) is 105 cm³/mol. The van der Waals surface area contributed by atoms with E-state index in [1.165, 1.54) is 24.7 Å². The summed E-state index contributed by atoms with van der Waals surface area (Å²) >= 11 is 0. The van der Waals surface area contributed by atoms with E-state index in [2.05, 4.69) is 35.9 Å². The van der Waals surface area contributed by atoms with E-state index in [0.717, 1.165) is 0 Å². The van der Waals surface area contributed by atoms with Crippen molar-refractivity contribution in [1.29, 1.82) is 0 Å². The summed E-state index contributed by atoms with van der Waals surface area (Å²) in [5.74, 6) is -1.63. The van der Waals surface area contributed by atoms with Crippen LogP contribution in [0.25, 0.3) is 0 Å². The quantitative estimate of drug-likeness (QED) is 0.290. The highest BCUT2D eigenvalue weighted by Crippen LogP contribution is 2.11. The second-order valence-corrected chi connectivity index (χ2v) is 6.18. The van der Waals surface area contributed by atoms with Crippen molar-refractivity contribution < 1.29 is 19.2 Å². The Kier molecular flexibility index (Phi) is 5.91. The molecule has 0 aliphatic carbocycles. The second kappa shape index (κ2) is 8.72. The third-order valence-corrected chi connectivity index (χ3v) is 3.93. The molecule has 4 amide bonds. The molecule has 0 bridgehead atoms. The summed E-state index contributed by atoms with van der Waals surface area (Å²) in [5.41, 5.74) is 5.67. The van der Waals surface area contributed by atoms with Gasteiger partial charge in [-0.15, -0.1) is 0 Å². The lowest BCUT2D eigenvalue weighted by Gasteiger charge is -2.04. The molecule has 0 aliphatic rings. The number of aryl methyl sites for hydroxylation is 1. The van der Waals surface area contributed by atoms with Crippen LogP contribution in [-0.4, -0.2) is 54.7 Å². The predicted octanol–water partition coefficient (Wildman–Crippen LogP) is -0.419. The fourth-order valence-corrected chi connectivity index (χ4v) is 2.48. The third-order valence-electron chi connectivity index (χ3n) is 3.93. The second-order valence-electron chi connectivity index (χ2n) is 6.18. The first-order chi connectivity index (χ1) is 14.3. The maximum Gasteiger partial charge on any atom is 0.291 e. The highest BCUT2D eigenvalue weighted by molar-refractivity contribution is 6.03. The molecule has 3 aromatic rings. The Bertz CT molecular complexity index is 1090. The van der Waals surface area contributed by atoms with Gasteiger partial charge in [-0.05, 0) is 6.07 Å². The number of nitrogens with zero attached hydrogens (tertiary/aromatic N) is 3. The minimum absolute atomic E-state index is 0.0138. The lowest BCUT2D eigenvalue weighted by Crippen LogP contribution is -2.28. The summed E-state index contributed by atoms with van der Waals surface area (Å²) < 4.78 is 1.57. The summed E-state index contributed by atoms with van der Waals surface area (Å²) in [4.78, 5) is 60.1. The van der Waals surface area contributed by atoms with Crippen molar-refractivity contribution in [2.24, 2.45) is 12.8 Å². The molecule has 0 radical (unpaired) electrons. The Labute approximate surface area is 169 Å². The van der Waals surface area contributed by atoms with Gasteiger partial charge in [0.05, 0.1) is 11.9 Å². The molecule has 156 valence electrons. The molecule has 30 heavy (non-hydrogen) atoms. The van der Waals surface area contributed by atoms with Crippen LogP contribution in [0.5, 0.6) is 0 Å². The molecule has 0 aromatic carbocycles. The van der Waals surface area contributed by atoms with Gasteiger partial charge in [-0.1, -0.05) is 0 Å². The summed E-state index contributed by atoms with van der Waals surface area (Å²) in [7, 11) is 1.69. The fourth-order valence-electron chi connectivity index (χ4n) is 2.48. The molecular formula is C17H19N9O4. The Morgan fingerprint density at radius 3 is 2.63 bits per heavy atom. The number of hydrogen-bond donors (Lipinski definition) is 6. The van der Waals surface area contributed by atoms with Crippen molar-refractivity contribution in [3.63, 3.8) is 0 Å². The van der Waals surface area contributed by atoms with Crippen LogP contribution in [0.3, 0.4) is 0 Å². The van der Waals surface area contributed by atoms with Gasteiger partial charge in [0, 0.05) is 38.6 Å². The number of carbonyl (C=O) groups excluding carboxylic acids is 4. The van der Waals surface area contributed by atoms with Crippen molar-refractivity contribution in [3.8, 4) is 0 Å². The molecule has 0 atom stereocenters. The molecule has 0 aliphatic heterocycles. The largest absolute Gasteiger partial charge is 0.363 e. The standard InChI is InChI=1S/C17H19N9O4/c1-26-5-4-19-15(26)17(30)23-9-6-10(21-7-9)16(29)20-3-2-12(27)24-11-8-22-14(25-11)13(18)28/h4-8,21H,2-3H2,1H3,(H2,18,28)(H,20,29)(H,22,25)(H,23,30)(H,24,27). The topological polar surface area (TPSA) is 193 Å². The van der Waals surface area contributed by atoms with Crippen LogP contribution in [0, 0.1) is 0 Å². The number of rotatable bonds is 8. The molecule has 3 heterocycles. The SMILES string of the molecule is Cn1ccnc1C(=O)Nc1c[nH]c(C(=O)NCCC(=O)Nc2cnc(C(N)=O)[nH]2)c1. The third kappa shape index (κ3) is 4.89. The van der Waals surface area contributed by atoms with Gasteiger partial charge >= 0.3 is 0 Å². The number of carbonyl (C=O) groups is 4. The Hall–Kier alpha value is -4.42. The van der Waals surface area contributed by atoms with Gasteiger partial charge in [0.15, 0.2) is 11.6 Å². The van der Waals surface area contributed by atoms with Crippen LogP contribution < -0.4 is 21.7 Å². The van der Waals surface area contributed by atoms with Gasteiger partial charge < -0.3 is 36.2 Å². The fraction of sp³-hybridized carbons (Fsp3) is 0.176. The minimum Gasteiger partial charge on any atom is -0.363 e. The molecule has 7 N–H and O–H groups in total. The number of hydrogen-bond acceptors (Lipinski definition) is 6. The number of primary amides is 1. The van der Waals surface area contributed by atoms with E-state index in [4.69, 9.17) is 5.73 Å². The van der Waals surface area contributed by atoms with Crippen molar-refractivity contribution in [3.05, 3.63) is 48.2 Å². The molecule has 0 saturated carbocycles. The number of aromatic nitrogens is 5. The summed E-state index contributed by atoms with van der Waals surface area (Å²) in [6.45, 7) is 0.0649. The van der Waals surface area contributed by atoms with Gasteiger partial charge in [0.2, 0.25) is 5.91 Å². The maximum absolute atomic E-state index is 12.2. The van der Waals surface area contributed by atoms with Crippen LogP contribution in [0.15, 0.2) is 30.9 Å². The first-order valence-electron chi connectivity index (χ1n) is 8.73. The van der Waals surface area contributed by atoms with E-state index in [-0.39, 0.29) is 36.1 Å². The zero-order chi connectivity index (χ0) is 21.7. The first-order valence-corrected chi connectivity index (χ1v) is 8.73. The molecule has 13 heteroatoms. The van der Waals surface area contributed by atoms with E-state index in [0.29, 0.717) is 5.69 Å². The van der Waals surface area contributed by atoms with E-state index >= 15 is 0 Å². The molecule has 0 saturated heterocycles. The van der Waals surface area contributed by atoms with Gasteiger partial charge in [-0.3, -0.25) is 19.2 Å². The van der Waals surface area contributed by atoms with Crippen molar-refractivity contribution in [2.45, 2.75) is 6.42 Å². The Morgan fingerprint density at radius 2 is 1.97 bits per heavy atom. The summed E-state index contributed by atoms with van der Waals surface area (Å²) in [6, 6.07) is 1.46. The van der Waals surface area contributed by atoms with Gasteiger partial charge in [0.25, 0.3) is 17.7 Å². The van der Waals surface area contributed by atoms with Crippen LogP contribution in [-0.2, 0) is 11.8 Å². The normalized spacial score (nSPS) is 10.4. The van der Waals surface area contributed by atoms with Crippen molar-refractivity contribution in [1.82, 2.24) is 29.8 Å². The maximum atomic E-state index is 12.2. The lowest BCUT2D eigenvalue weighted by molar-refractivity contribution is -0.116. The smallest absolute Gasteiger partial charge is 0.291 e. The number of imidazole rings is 2. The van der Waals surface area contributed by atoms with E-state index < -0.39 is 23.6 Å². The molecule has 0 spiro atoms. The van der Waals surface area contributed by atoms with Crippen LogP contribution >= 0.6 is 0 Å². The van der Waals surface area contributed by atoms with Gasteiger partial charge in [0.1, 0.15) is 11.5 Å². The Balaban J connectivity index is 1.45. The number of nitrogens with two attached hydrogens (primary N) is 1. The lowest BCUT2D eigenvalue weighted by atomic mass is 10.3. The molecule has 0 unspecified atom stereocenters.